The number of benzene rings is 2. The highest BCUT2D eigenvalue weighted by Gasteiger charge is 2.16. The first kappa shape index (κ1) is 19.2. The van der Waals surface area contributed by atoms with Crippen molar-refractivity contribution in [1.82, 2.24) is 4.57 Å². The number of aryl methyl sites for hydroxylation is 1. The normalized spacial score (nSPS) is 11.0. The van der Waals surface area contributed by atoms with Crippen LogP contribution in [0.3, 0.4) is 0 Å². The summed E-state index contributed by atoms with van der Waals surface area (Å²) in [5, 5.41) is 1.03. The van der Waals surface area contributed by atoms with Crippen LogP contribution in [0.1, 0.15) is 61.4 Å². The molecule has 0 atom stereocenters. The molecule has 3 nitrogen and oxygen atoms in total. The molecule has 0 aliphatic carbocycles. The first-order valence-electron chi connectivity index (χ1n) is 10.0. The van der Waals surface area contributed by atoms with Crippen molar-refractivity contribution in [3.05, 3.63) is 65.9 Å². The van der Waals surface area contributed by atoms with Crippen molar-refractivity contribution in [2.45, 2.75) is 52.0 Å². The van der Waals surface area contributed by atoms with E-state index in [-0.39, 0.29) is 5.78 Å². The molecule has 0 aliphatic heterocycles. The van der Waals surface area contributed by atoms with Gasteiger partial charge < -0.3 is 9.30 Å². The van der Waals surface area contributed by atoms with E-state index in [0.717, 1.165) is 35.2 Å². The van der Waals surface area contributed by atoms with Crippen LogP contribution in [0.25, 0.3) is 10.9 Å². The number of ether oxygens (including phenoxy) is 1. The van der Waals surface area contributed by atoms with Gasteiger partial charge in [-0.25, -0.2) is 0 Å². The Morgan fingerprint density at radius 3 is 2.37 bits per heavy atom. The number of fused-ring (bicyclic) bond motifs is 1. The Balaban J connectivity index is 1.78. The predicted octanol–water partition coefficient (Wildman–Crippen LogP) is 6.24. The number of ketones is 1. The maximum Gasteiger partial charge on any atom is 0.195 e. The van der Waals surface area contributed by atoms with Crippen LogP contribution in [-0.2, 0) is 6.54 Å². The number of nitrogens with zero attached hydrogens (tertiary/aromatic N) is 1. The number of carbonyl (C=O) groups excluding carboxylic acids is 1. The molecule has 2 aromatic carbocycles. The van der Waals surface area contributed by atoms with E-state index in [1.165, 1.54) is 32.1 Å². The third kappa shape index (κ3) is 4.60. The van der Waals surface area contributed by atoms with E-state index in [4.69, 9.17) is 4.74 Å². The van der Waals surface area contributed by atoms with E-state index in [9.17, 15) is 4.79 Å². The zero-order valence-electron chi connectivity index (χ0n) is 16.4. The lowest BCUT2D eigenvalue weighted by Crippen LogP contribution is -2.01. The molecule has 0 unspecified atom stereocenters. The number of hydrogen-bond acceptors (Lipinski definition) is 2. The summed E-state index contributed by atoms with van der Waals surface area (Å²) < 4.78 is 7.43. The Morgan fingerprint density at radius 2 is 1.63 bits per heavy atom. The lowest BCUT2D eigenvalue weighted by atomic mass is 10.0. The molecule has 0 saturated heterocycles. The van der Waals surface area contributed by atoms with Crippen molar-refractivity contribution in [2.24, 2.45) is 0 Å². The maximum absolute atomic E-state index is 13.1. The zero-order valence-corrected chi connectivity index (χ0v) is 16.4. The average molecular weight is 364 g/mol. The Hall–Kier alpha value is -2.55. The summed E-state index contributed by atoms with van der Waals surface area (Å²) in [4.78, 5) is 13.1. The molecule has 0 saturated carbocycles. The van der Waals surface area contributed by atoms with Gasteiger partial charge in [-0.1, -0.05) is 57.2 Å². The van der Waals surface area contributed by atoms with Crippen molar-refractivity contribution < 1.29 is 9.53 Å². The summed E-state index contributed by atoms with van der Waals surface area (Å²) in [6.07, 6.45) is 9.65. The molecule has 0 spiro atoms. The number of methoxy groups -OCH3 is 1. The highest BCUT2D eigenvalue weighted by atomic mass is 16.5. The van der Waals surface area contributed by atoms with Crippen LogP contribution < -0.4 is 4.74 Å². The molecule has 0 radical (unpaired) electrons. The quantitative estimate of drug-likeness (QED) is 0.315. The van der Waals surface area contributed by atoms with Crippen LogP contribution in [0, 0.1) is 0 Å². The largest absolute Gasteiger partial charge is 0.497 e. The van der Waals surface area contributed by atoms with Crippen LogP contribution in [-0.4, -0.2) is 17.5 Å². The van der Waals surface area contributed by atoms with E-state index in [1.807, 2.05) is 48.7 Å². The molecule has 27 heavy (non-hydrogen) atoms. The van der Waals surface area contributed by atoms with Gasteiger partial charge in [-0.3, -0.25) is 4.79 Å². The Kier molecular flexibility index (Phi) is 6.69. The smallest absolute Gasteiger partial charge is 0.195 e. The molecule has 0 N–H and O–H groups in total. The minimum Gasteiger partial charge on any atom is -0.497 e. The van der Waals surface area contributed by atoms with Gasteiger partial charge in [-0.2, -0.15) is 0 Å². The highest BCUT2D eigenvalue weighted by Crippen LogP contribution is 2.25. The number of hydrogen-bond donors (Lipinski definition) is 0. The van der Waals surface area contributed by atoms with Crippen molar-refractivity contribution in [3.8, 4) is 5.75 Å². The fraction of sp³-hybridized carbons (Fsp3) is 0.375. The summed E-state index contributed by atoms with van der Waals surface area (Å²) in [5.41, 5.74) is 2.61. The van der Waals surface area contributed by atoms with Crippen LogP contribution in [0.4, 0.5) is 0 Å². The van der Waals surface area contributed by atoms with E-state index in [1.54, 1.807) is 7.11 Å². The topological polar surface area (TPSA) is 31.2 Å². The van der Waals surface area contributed by atoms with Crippen LogP contribution in [0.15, 0.2) is 54.7 Å². The first-order valence-corrected chi connectivity index (χ1v) is 10.0. The molecule has 1 heterocycles. The number of unbranched alkanes of at least 4 members (excludes halogenated alkanes) is 5. The Bertz CT molecular complexity index is 877. The molecule has 1 aromatic heterocycles. The van der Waals surface area contributed by atoms with E-state index < -0.39 is 0 Å². The fourth-order valence-electron chi connectivity index (χ4n) is 3.57. The second-order valence-corrected chi connectivity index (χ2v) is 7.08. The van der Waals surface area contributed by atoms with Gasteiger partial charge in [0.15, 0.2) is 5.78 Å². The number of carbonyl (C=O) groups is 1. The molecule has 0 aliphatic rings. The average Bonchev–Trinajstić information content (AvgIpc) is 3.09. The van der Waals surface area contributed by atoms with Gasteiger partial charge in [0.25, 0.3) is 0 Å². The van der Waals surface area contributed by atoms with Gasteiger partial charge in [0, 0.05) is 34.8 Å². The molecule has 0 fully saturated rings. The summed E-state index contributed by atoms with van der Waals surface area (Å²) in [6.45, 7) is 3.20. The molecule has 0 bridgehead atoms. The molecule has 0 amide bonds. The van der Waals surface area contributed by atoms with Gasteiger partial charge >= 0.3 is 0 Å². The van der Waals surface area contributed by atoms with E-state index in [2.05, 4.69) is 17.6 Å². The highest BCUT2D eigenvalue weighted by molar-refractivity contribution is 6.16. The summed E-state index contributed by atoms with van der Waals surface area (Å²) in [7, 11) is 1.63. The molecule has 3 aromatic rings. The minimum absolute atomic E-state index is 0.0653. The Morgan fingerprint density at radius 1 is 0.926 bits per heavy atom. The predicted molar refractivity (Wildman–Crippen MR) is 112 cm³/mol. The van der Waals surface area contributed by atoms with Crippen molar-refractivity contribution in [2.75, 3.05) is 7.11 Å². The van der Waals surface area contributed by atoms with Gasteiger partial charge in [0.1, 0.15) is 5.75 Å². The van der Waals surface area contributed by atoms with Gasteiger partial charge in [0.05, 0.1) is 7.11 Å². The lowest BCUT2D eigenvalue weighted by Gasteiger charge is -2.05. The van der Waals surface area contributed by atoms with Crippen LogP contribution in [0.5, 0.6) is 5.75 Å². The fourth-order valence-corrected chi connectivity index (χ4v) is 3.57. The van der Waals surface area contributed by atoms with E-state index in [0.29, 0.717) is 5.56 Å². The second kappa shape index (κ2) is 9.40. The SMILES string of the molecule is CCCCCCCCn1cc(C(=O)c2ccc(OC)cc2)c2ccccc21. The van der Waals surface area contributed by atoms with E-state index >= 15 is 0 Å². The van der Waals surface area contributed by atoms with Crippen molar-refractivity contribution in [1.29, 1.82) is 0 Å². The van der Waals surface area contributed by atoms with Crippen LogP contribution >= 0.6 is 0 Å². The molecule has 3 rings (SSSR count). The number of aromatic nitrogens is 1. The Labute approximate surface area is 162 Å². The third-order valence-corrected chi connectivity index (χ3v) is 5.14. The molecular formula is C24H29NO2. The van der Waals surface area contributed by atoms with Crippen molar-refractivity contribution in [3.63, 3.8) is 0 Å². The summed E-state index contributed by atoms with van der Waals surface area (Å²) in [5.74, 6) is 0.826. The lowest BCUT2D eigenvalue weighted by molar-refractivity contribution is 0.104. The van der Waals surface area contributed by atoms with Gasteiger partial charge in [-0.05, 0) is 36.8 Å². The standard InChI is InChI=1S/C24H29NO2/c1-3-4-5-6-7-10-17-25-18-22(21-11-8-9-12-23(21)25)24(26)19-13-15-20(27-2)16-14-19/h8-9,11-16,18H,3-7,10,17H2,1-2H3. The number of para-hydroxylation sites is 1. The molecule has 142 valence electrons. The molecular weight excluding hydrogens is 334 g/mol. The summed E-state index contributed by atoms with van der Waals surface area (Å²) in [6, 6.07) is 15.5. The zero-order chi connectivity index (χ0) is 19.1. The minimum atomic E-state index is 0.0653. The molecule has 3 heteroatoms. The van der Waals surface area contributed by atoms with Crippen LogP contribution in [0.2, 0.25) is 0 Å². The number of rotatable bonds is 10. The first-order chi connectivity index (χ1) is 13.2. The maximum atomic E-state index is 13.1. The van der Waals surface area contributed by atoms with Gasteiger partial charge in [0.2, 0.25) is 0 Å². The third-order valence-electron chi connectivity index (χ3n) is 5.14. The summed E-state index contributed by atoms with van der Waals surface area (Å²) >= 11 is 0. The second-order valence-electron chi connectivity index (χ2n) is 7.08. The monoisotopic (exact) mass is 363 g/mol. The van der Waals surface area contributed by atoms with Crippen molar-refractivity contribution >= 4 is 16.7 Å². The van der Waals surface area contributed by atoms with Gasteiger partial charge in [-0.15, -0.1) is 0 Å².